The van der Waals surface area contributed by atoms with Gasteiger partial charge in [0, 0.05) is 17.1 Å². The van der Waals surface area contributed by atoms with Crippen LogP contribution in [0.15, 0.2) is 134 Å². The number of hydrogen-bond donors (Lipinski definition) is 1. The predicted octanol–water partition coefficient (Wildman–Crippen LogP) is 8.23. The second-order valence-electron chi connectivity index (χ2n) is 10.9. The maximum atomic E-state index is 12.5. The van der Waals surface area contributed by atoms with Crippen molar-refractivity contribution in [2.24, 2.45) is 5.92 Å². The number of benzene rings is 5. The van der Waals surface area contributed by atoms with Crippen LogP contribution in [-0.2, 0) is 11.1 Å². The van der Waals surface area contributed by atoms with E-state index in [1.165, 1.54) is 0 Å². The molecule has 208 valence electrons. The lowest BCUT2D eigenvalue weighted by Gasteiger charge is -2.37. The highest BCUT2D eigenvalue weighted by Gasteiger charge is 2.42. The Kier molecular flexibility index (Phi) is 7.28. The summed E-state index contributed by atoms with van der Waals surface area (Å²) < 4.78 is 2.12. The lowest BCUT2D eigenvalue weighted by Crippen LogP contribution is -2.37. The quantitative estimate of drug-likeness (QED) is 0.148. The van der Waals surface area contributed by atoms with Gasteiger partial charge >= 0.3 is 0 Å². The van der Waals surface area contributed by atoms with E-state index in [4.69, 9.17) is 16.6 Å². The molecule has 1 atom stereocenters. The molecule has 0 amide bonds. The summed E-state index contributed by atoms with van der Waals surface area (Å²) >= 11 is 6.51. The van der Waals surface area contributed by atoms with Crippen LogP contribution in [0.5, 0.6) is 0 Å². The van der Waals surface area contributed by atoms with Gasteiger partial charge in [0.2, 0.25) is 0 Å². The molecule has 0 aliphatic rings. The zero-order chi connectivity index (χ0) is 29.3. The average molecular weight is 571 g/mol. The van der Waals surface area contributed by atoms with Crippen molar-refractivity contribution < 1.29 is 9.90 Å². The molecule has 1 heterocycles. The lowest BCUT2D eigenvalue weighted by molar-refractivity contribution is 0.0279. The molecule has 0 aliphatic carbocycles. The fourth-order valence-corrected chi connectivity index (χ4v) is 6.38. The van der Waals surface area contributed by atoms with Crippen LogP contribution >= 0.6 is 11.6 Å². The van der Waals surface area contributed by atoms with Crippen molar-refractivity contribution in [3.05, 3.63) is 172 Å². The molecule has 1 unspecified atom stereocenters. The highest BCUT2D eigenvalue weighted by atomic mass is 35.5. The number of imidazole rings is 1. The van der Waals surface area contributed by atoms with Crippen molar-refractivity contribution in [3.8, 4) is 0 Å². The van der Waals surface area contributed by atoms with E-state index in [0.29, 0.717) is 21.8 Å². The maximum absolute atomic E-state index is 12.5. The number of rotatable bonds is 8. The average Bonchev–Trinajstić information content (AvgIpc) is 3.53. The number of hydrogen-bond acceptors (Lipinski definition) is 3. The Labute approximate surface area is 250 Å². The number of carbonyl (C=O) groups excluding carboxylic acids is 1. The Hall–Kier alpha value is -4.51. The summed E-state index contributed by atoms with van der Waals surface area (Å²) in [5.74, 6) is -0.206. The van der Waals surface area contributed by atoms with Crippen molar-refractivity contribution in [2.45, 2.75) is 25.0 Å². The molecule has 1 aromatic heterocycles. The highest BCUT2D eigenvalue weighted by molar-refractivity contribution is 6.37. The molecule has 6 rings (SSSR count). The van der Waals surface area contributed by atoms with Gasteiger partial charge in [0.15, 0.2) is 6.29 Å². The Morgan fingerprint density at radius 2 is 1.31 bits per heavy atom. The number of aldehydes is 1. The van der Waals surface area contributed by atoms with E-state index in [-0.39, 0.29) is 5.92 Å². The zero-order valence-corrected chi connectivity index (χ0v) is 24.2. The van der Waals surface area contributed by atoms with Crippen LogP contribution in [0.2, 0.25) is 5.02 Å². The molecule has 5 aromatic carbocycles. The van der Waals surface area contributed by atoms with E-state index in [1.807, 2.05) is 68.8 Å². The molecular formula is C37H31ClN2O2. The molecule has 6 aromatic rings. The molecular weight excluding hydrogens is 540 g/mol. The maximum Gasteiger partial charge on any atom is 0.151 e. The van der Waals surface area contributed by atoms with Gasteiger partial charge in [-0.15, -0.1) is 0 Å². The minimum Gasteiger partial charge on any atom is -0.378 e. The first kappa shape index (κ1) is 27.6. The first-order valence-corrected chi connectivity index (χ1v) is 14.4. The zero-order valence-electron chi connectivity index (χ0n) is 23.5. The SMILES string of the molecule is CC(C)C(O)(c1ccc2c(Cl)c(C=O)ccc2c1)c1cn(C(c2ccccc2)(c2ccccc2)c2ccccc2)cn1. The molecule has 0 spiro atoms. The third-order valence-electron chi connectivity index (χ3n) is 8.32. The molecule has 0 aliphatic heterocycles. The summed E-state index contributed by atoms with van der Waals surface area (Å²) in [7, 11) is 0. The molecule has 42 heavy (non-hydrogen) atoms. The van der Waals surface area contributed by atoms with Crippen molar-refractivity contribution in [1.82, 2.24) is 9.55 Å². The molecule has 0 bridgehead atoms. The number of carbonyl (C=O) groups is 1. The Bertz CT molecular complexity index is 1750. The predicted molar refractivity (Wildman–Crippen MR) is 169 cm³/mol. The Balaban J connectivity index is 1.58. The third-order valence-corrected chi connectivity index (χ3v) is 8.74. The van der Waals surface area contributed by atoms with Crippen molar-refractivity contribution in [1.29, 1.82) is 0 Å². The second-order valence-corrected chi connectivity index (χ2v) is 11.3. The van der Waals surface area contributed by atoms with Crippen molar-refractivity contribution in [2.75, 3.05) is 0 Å². The summed E-state index contributed by atoms with van der Waals surface area (Å²) in [6, 6.07) is 40.4. The first-order chi connectivity index (χ1) is 20.4. The summed E-state index contributed by atoms with van der Waals surface area (Å²) in [6.45, 7) is 3.98. The van der Waals surface area contributed by atoms with Gasteiger partial charge in [-0.3, -0.25) is 4.79 Å². The molecule has 0 saturated carbocycles. The summed E-state index contributed by atoms with van der Waals surface area (Å²) in [5, 5.41) is 14.5. The van der Waals surface area contributed by atoms with Crippen LogP contribution in [-0.4, -0.2) is 20.9 Å². The Morgan fingerprint density at radius 3 is 1.81 bits per heavy atom. The number of aromatic nitrogens is 2. The van der Waals surface area contributed by atoms with Gasteiger partial charge in [-0.25, -0.2) is 4.98 Å². The number of aliphatic hydroxyl groups is 1. The van der Waals surface area contributed by atoms with Crippen LogP contribution in [0.4, 0.5) is 0 Å². The fourth-order valence-electron chi connectivity index (χ4n) is 6.10. The van der Waals surface area contributed by atoms with Crippen molar-refractivity contribution in [3.63, 3.8) is 0 Å². The van der Waals surface area contributed by atoms with E-state index in [1.54, 1.807) is 6.07 Å². The van der Waals surface area contributed by atoms with Gasteiger partial charge in [-0.05, 0) is 45.7 Å². The molecule has 4 nitrogen and oxygen atoms in total. The fraction of sp³-hybridized carbons (Fsp3) is 0.135. The van der Waals surface area contributed by atoms with Gasteiger partial charge in [0.05, 0.1) is 17.0 Å². The van der Waals surface area contributed by atoms with Crippen LogP contribution in [0.3, 0.4) is 0 Å². The number of fused-ring (bicyclic) bond motifs is 1. The van der Waals surface area contributed by atoms with Crippen LogP contribution in [0.1, 0.15) is 52.2 Å². The normalized spacial score (nSPS) is 13.3. The third kappa shape index (κ3) is 4.35. The number of halogens is 1. The second kappa shape index (κ2) is 11.1. The van der Waals surface area contributed by atoms with E-state index in [9.17, 15) is 9.90 Å². The minimum atomic E-state index is -1.40. The van der Waals surface area contributed by atoms with Gasteiger partial charge in [-0.1, -0.05) is 135 Å². The van der Waals surface area contributed by atoms with Crippen molar-refractivity contribution >= 4 is 28.7 Å². The van der Waals surface area contributed by atoms with Gasteiger partial charge in [0.1, 0.15) is 11.1 Å². The monoisotopic (exact) mass is 570 g/mol. The standard InChI is InChI=1S/C37H31ClN2O2/c1-26(2)37(42,32-20-21-33-27(22-32)18-19-28(24-41)35(33)38)34-23-40(25-39-34)36(29-12-6-3-7-13-29,30-14-8-4-9-15-30)31-16-10-5-11-17-31/h3-26,42H,1-2H3. The van der Waals surface area contributed by atoms with Crippen LogP contribution in [0.25, 0.3) is 10.8 Å². The highest BCUT2D eigenvalue weighted by Crippen LogP contribution is 2.43. The van der Waals surface area contributed by atoms with Crippen LogP contribution < -0.4 is 0 Å². The summed E-state index contributed by atoms with van der Waals surface area (Å²) in [5.41, 5.74) is 2.77. The molecule has 5 heteroatoms. The van der Waals surface area contributed by atoms with E-state index in [2.05, 4.69) is 77.4 Å². The van der Waals surface area contributed by atoms with Gasteiger partial charge in [0.25, 0.3) is 0 Å². The lowest BCUT2D eigenvalue weighted by atomic mass is 9.76. The van der Waals surface area contributed by atoms with E-state index in [0.717, 1.165) is 33.7 Å². The number of nitrogens with zero attached hydrogens (tertiary/aromatic N) is 2. The van der Waals surface area contributed by atoms with Gasteiger partial charge < -0.3 is 9.67 Å². The van der Waals surface area contributed by atoms with E-state index >= 15 is 0 Å². The summed E-state index contributed by atoms with van der Waals surface area (Å²) in [6.07, 6.45) is 4.55. The molecule has 1 N–H and O–H groups in total. The van der Waals surface area contributed by atoms with Crippen LogP contribution in [0, 0.1) is 5.92 Å². The molecule has 0 fully saturated rings. The summed E-state index contributed by atoms with van der Waals surface area (Å²) in [4.78, 5) is 16.3. The van der Waals surface area contributed by atoms with E-state index < -0.39 is 11.1 Å². The minimum absolute atomic E-state index is 0.206. The first-order valence-electron chi connectivity index (χ1n) is 14.0. The molecule has 0 saturated heterocycles. The van der Waals surface area contributed by atoms with Gasteiger partial charge in [-0.2, -0.15) is 0 Å². The topological polar surface area (TPSA) is 55.1 Å². The smallest absolute Gasteiger partial charge is 0.151 e. The largest absolute Gasteiger partial charge is 0.378 e. The Morgan fingerprint density at radius 1 is 0.762 bits per heavy atom. The molecule has 0 radical (unpaired) electrons.